The van der Waals surface area contributed by atoms with E-state index in [1.165, 1.54) is 5.56 Å². The molecule has 20 heavy (non-hydrogen) atoms. The van der Waals surface area contributed by atoms with Crippen molar-refractivity contribution in [3.05, 3.63) is 77.5 Å². The van der Waals surface area contributed by atoms with Gasteiger partial charge < -0.3 is 0 Å². The van der Waals surface area contributed by atoms with Crippen LogP contribution in [0.1, 0.15) is 28.4 Å². The van der Waals surface area contributed by atoms with Crippen molar-refractivity contribution in [2.45, 2.75) is 13.3 Å². The van der Waals surface area contributed by atoms with Gasteiger partial charge in [0.05, 0.1) is 5.52 Å². The highest BCUT2D eigenvalue weighted by molar-refractivity contribution is 6.10. The Balaban J connectivity index is 1.98. The fraction of sp³-hybridized carbons (Fsp3) is 0.111. The zero-order chi connectivity index (χ0) is 13.9. The highest BCUT2D eigenvalue weighted by Crippen LogP contribution is 2.16. The third-order valence-corrected chi connectivity index (χ3v) is 3.48. The number of benzene rings is 2. The van der Waals surface area contributed by atoms with Gasteiger partial charge in [-0.05, 0) is 24.1 Å². The van der Waals surface area contributed by atoms with E-state index in [0.29, 0.717) is 11.1 Å². The predicted octanol–water partition coefficient (Wildman–Crippen LogP) is 4.03. The van der Waals surface area contributed by atoms with Crippen molar-refractivity contribution < 1.29 is 4.79 Å². The molecule has 2 heteroatoms. The summed E-state index contributed by atoms with van der Waals surface area (Å²) in [5.41, 5.74) is 3.48. The lowest BCUT2D eigenvalue weighted by molar-refractivity contribution is 0.103. The molecule has 0 radical (unpaired) electrons. The Morgan fingerprint density at radius 2 is 1.75 bits per heavy atom. The van der Waals surface area contributed by atoms with Gasteiger partial charge in [-0.2, -0.15) is 0 Å². The number of aryl methyl sites for hydroxylation is 1. The number of carbonyl (C=O) groups is 1. The standard InChI is InChI=1S/C18H15NO/c1-2-13-7-9-14(10-8-13)18(20)16-11-15-5-3-4-6-17(15)19-12-16/h3-12H,2H2,1H3. The smallest absolute Gasteiger partial charge is 0.194 e. The number of para-hydroxylation sites is 1. The Kier molecular flexibility index (Phi) is 3.30. The van der Waals surface area contributed by atoms with E-state index in [1.807, 2.05) is 54.6 Å². The fourth-order valence-electron chi connectivity index (χ4n) is 2.25. The molecule has 0 spiro atoms. The lowest BCUT2D eigenvalue weighted by Gasteiger charge is -2.04. The van der Waals surface area contributed by atoms with Crippen LogP contribution in [-0.4, -0.2) is 10.8 Å². The maximum Gasteiger partial charge on any atom is 0.194 e. The van der Waals surface area contributed by atoms with Crippen LogP contribution in [0.15, 0.2) is 60.8 Å². The minimum absolute atomic E-state index is 0.0194. The summed E-state index contributed by atoms with van der Waals surface area (Å²) in [6.45, 7) is 2.10. The monoisotopic (exact) mass is 261 g/mol. The predicted molar refractivity (Wildman–Crippen MR) is 81.0 cm³/mol. The summed E-state index contributed by atoms with van der Waals surface area (Å²) in [4.78, 5) is 16.8. The SMILES string of the molecule is CCc1ccc(C(=O)c2cnc3ccccc3c2)cc1. The molecule has 0 aliphatic heterocycles. The molecule has 2 aromatic carbocycles. The topological polar surface area (TPSA) is 30.0 Å². The van der Waals surface area contributed by atoms with Gasteiger partial charge in [-0.1, -0.05) is 49.4 Å². The molecule has 0 N–H and O–H groups in total. The van der Waals surface area contributed by atoms with Crippen LogP contribution in [0.4, 0.5) is 0 Å². The Bertz CT molecular complexity index is 760. The average molecular weight is 261 g/mol. The van der Waals surface area contributed by atoms with Crippen LogP contribution >= 0.6 is 0 Å². The van der Waals surface area contributed by atoms with Crippen molar-refractivity contribution in [2.24, 2.45) is 0 Å². The minimum Gasteiger partial charge on any atom is -0.289 e. The van der Waals surface area contributed by atoms with Gasteiger partial charge in [-0.15, -0.1) is 0 Å². The molecule has 1 aromatic heterocycles. The second-order valence-electron chi connectivity index (χ2n) is 4.80. The van der Waals surface area contributed by atoms with E-state index in [-0.39, 0.29) is 5.78 Å². The van der Waals surface area contributed by atoms with Gasteiger partial charge in [-0.3, -0.25) is 9.78 Å². The maximum absolute atomic E-state index is 12.4. The van der Waals surface area contributed by atoms with Crippen LogP contribution in [0.5, 0.6) is 0 Å². The van der Waals surface area contributed by atoms with Gasteiger partial charge in [-0.25, -0.2) is 0 Å². The van der Waals surface area contributed by atoms with Crippen LogP contribution < -0.4 is 0 Å². The zero-order valence-electron chi connectivity index (χ0n) is 11.3. The fourth-order valence-corrected chi connectivity index (χ4v) is 2.25. The average Bonchev–Trinajstić information content (AvgIpc) is 2.54. The van der Waals surface area contributed by atoms with Crippen LogP contribution in [0, 0.1) is 0 Å². The van der Waals surface area contributed by atoms with Crippen molar-refractivity contribution in [3.8, 4) is 0 Å². The molecule has 0 bridgehead atoms. The van der Waals surface area contributed by atoms with Gasteiger partial charge >= 0.3 is 0 Å². The van der Waals surface area contributed by atoms with E-state index in [1.54, 1.807) is 6.20 Å². The Hall–Kier alpha value is -2.48. The van der Waals surface area contributed by atoms with Gasteiger partial charge in [0.15, 0.2) is 5.78 Å². The summed E-state index contributed by atoms with van der Waals surface area (Å²) < 4.78 is 0. The first-order valence-electron chi connectivity index (χ1n) is 6.76. The van der Waals surface area contributed by atoms with Crippen LogP contribution in [0.3, 0.4) is 0 Å². The van der Waals surface area contributed by atoms with Crippen molar-refractivity contribution in [2.75, 3.05) is 0 Å². The number of aromatic nitrogens is 1. The molecule has 0 saturated carbocycles. The molecule has 0 unspecified atom stereocenters. The molecule has 2 nitrogen and oxygen atoms in total. The summed E-state index contributed by atoms with van der Waals surface area (Å²) in [6.07, 6.45) is 2.63. The number of pyridine rings is 1. The van der Waals surface area contributed by atoms with E-state index >= 15 is 0 Å². The minimum atomic E-state index is 0.0194. The van der Waals surface area contributed by atoms with Gasteiger partial charge in [0.25, 0.3) is 0 Å². The third-order valence-electron chi connectivity index (χ3n) is 3.48. The summed E-state index contributed by atoms with van der Waals surface area (Å²) in [6, 6.07) is 17.5. The number of hydrogen-bond donors (Lipinski definition) is 0. The Labute approximate surface area is 118 Å². The number of hydrogen-bond acceptors (Lipinski definition) is 2. The quantitative estimate of drug-likeness (QED) is 0.666. The summed E-state index contributed by atoms with van der Waals surface area (Å²) in [5.74, 6) is 0.0194. The Morgan fingerprint density at radius 3 is 2.50 bits per heavy atom. The number of rotatable bonds is 3. The zero-order valence-corrected chi connectivity index (χ0v) is 11.3. The first-order chi connectivity index (χ1) is 9.78. The number of fused-ring (bicyclic) bond motifs is 1. The molecule has 1 heterocycles. The normalized spacial score (nSPS) is 10.7. The molecule has 0 amide bonds. The molecular formula is C18H15NO. The van der Waals surface area contributed by atoms with E-state index in [2.05, 4.69) is 11.9 Å². The molecule has 0 atom stereocenters. The second-order valence-corrected chi connectivity index (χ2v) is 4.80. The number of carbonyl (C=O) groups excluding carboxylic acids is 1. The van der Waals surface area contributed by atoms with Crippen LogP contribution in [-0.2, 0) is 6.42 Å². The van der Waals surface area contributed by atoms with Crippen LogP contribution in [0.2, 0.25) is 0 Å². The summed E-state index contributed by atoms with van der Waals surface area (Å²) in [5, 5.41) is 0.989. The largest absolute Gasteiger partial charge is 0.289 e. The van der Waals surface area contributed by atoms with E-state index in [4.69, 9.17) is 0 Å². The first-order valence-corrected chi connectivity index (χ1v) is 6.76. The number of nitrogens with zero attached hydrogens (tertiary/aromatic N) is 1. The van der Waals surface area contributed by atoms with Crippen molar-refractivity contribution >= 4 is 16.7 Å². The molecule has 0 saturated heterocycles. The maximum atomic E-state index is 12.4. The lowest BCUT2D eigenvalue weighted by atomic mass is 10.0. The van der Waals surface area contributed by atoms with Crippen LogP contribution in [0.25, 0.3) is 10.9 Å². The first kappa shape index (κ1) is 12.5. The lowest BCUT2D eigenvalue weighted by Crippen LogP contribution is -2.02. The highest BCUT2D eigenvalue weighted by atomic mass is 16.1. The van der Waals surface area contributed by atoms with E-state index in [0.717, 1.165) is 17.3 Å². The summed E-state index contributed by atoms with van der Waals surface area (Å²) in [7, 11) is 0. The van der Waals surface area contributed by atoms with Gasteiger partial charge in [0, 0.05) is 22.7 Å². The van der Waals surface area contributed by atoms with Gasteiger partial charge in [0.2, 0.25) is 0 Å². The van der Waals surface area contributed by atoms with E-state index < -0.39 is 0 Å². The molecule has 0 aliphatic carbocycles. The second kappa shape index (κ2) is 5.25. The van der Waals surface area contributed by atoms with Crippen molar-refractivity contribution in [1.82, 2.24) is 4.98 Å². The van der Waals surface area contributed by atoms with Crippen molar-refractivity contribution in [3.63, 3.8) is 0 Å². The summed E-state index contributed by atoms with van der Waals surface area (Å²) >= 11 is 0. The Morgan fingerprint density at radius 1 is 1.00 bits per heavy atom. The van der Waals surface area contributed by atoms with Gasteiger partial charge in [0.1, 0.15) is 0 Å². The molecule has 0 aliphatic rings. The molecule has 3 aromatic rings. The highest BCUT2D eigenvalue weighted by Gasteiger charge is 2.10. The van der Waals surface area contributed by atoms with E-state index in [9.17, 15) is 4.79 Å². The van der Waals surface area contributed by atoms with Crippen molar-refractivity contribution in [1.29, 1.82) is 0 Å². The molecule has 98 valence electrons. The molecule has 3 rings (SSSR count). The molecule has 0 fully saturated rings. The number of ketones is 1. The molecular weight excluding hydrogens is 246 g/mol. The third kappa shape index (κ3) is 2.32.